The Bertz CT molecular complexity index is 448. The van der Waals surface area contributed by atoms with Crippen molar-refractivity contribution in [1.82, 2.24) is 5.32 Å². The number of hydrogen-bond acceptors (Lipinski definition) is 4. The van der Waals surface area contributed by atoms with Crippen LogP contribution in [0.15, 0.2) is 18.2 Å². The summed E-state index contributed by atoms with van der Waals surface area (Å²) in [6, 6.07) is 5.56. The second-order valence-electron chi connectivity index (χ2n) is 4.44. The van der Waals surface area contributed by atoms with Gasteiger partial charge in [-0.2, -0.15) is 0 Å². The van der Waals surface area contributed by atoms with Crippen LogP contribution >= 0.6 is 0 Å². The van der Waals surface area contributed by atoms with Crippen molar-refractivity contribution in [2.75, 3.05) is 37.4 Å². The number of rotatable bonds is 2. The van der Waals surface area contributed by atoms with Gasteiger partial charge < -0.3 is 20.7 Å². The van der Waals surface area contributed by atoms with E-state index in [0.29, 0.717) is 19.8 Å². The number of amides is 1. The van der Waals surface area contributed by atoms with Gasteiger partial charge in [-0.1, -0.05) is 0 Å². The van der Waals surface area contributed by atoms with Crippen molar-refractivity contribution in [3.8, 4) is 0 Å². The molecule has 1 aliphatic heterocycles. The number of nitrogens with two attached hydrogens (primary N) is 1. The van der Waals surface area contributed by atoms with Gasteiger partial charge in [0.25, 0.3) is 0 Å². The van der Waals surface area contributed by atoms with Crippen molar-refractivity contribution >= 4 is 17.3 Å². The van der Waals surface area contributed by atoms with Crippen LogP contribution in [0.3, 0.4) is 0 Å². The zero-order valence-corrected chi connectivity index (χ0v) is 10.8. The third-order valence-electron chi connectivity index (χ3n) is 3.26. The number of nitrogens with one attached hydrogen (secondary N) is 1. The zero-order chi connectivity index (χ0) is 13.1. The van der Waals surface area contributed by atoms with Crippen LogP contribution in [0.1, 0.15) is 5.56 Å². The fourth-order valence-electron chi connectivity index (χ4n) is 2.14. The first-order valence-electron chi connectivity index (χ1n) is 6.05. The number of ether oxygens (including phenoxy) is 1. The molecule has 0 spiro atoms. The molecule has 1 unspecified atom stereocenters. The molecule has 1 saturated heterocycles. The van der Waals surface area contributed by atoms with Gasteiger partial charge in [-0.05, 0) is 30.7 Å². The Hall–Kier alpha value is -1.75. The summed E-state index contributed by atoms with van der Waals surface area (Å²) in [5, 5.41) is 2.68. The average molecular weight is 249 g/mol. The van der Waals surface area contributed by atoms with E-state index in [9.17, 15) is 4.79 Å². The highest BCUT2D eigenvalue weighted by Gasteiger charge is 2.28. The molecule has 2 rings (SSSR count). The van der Waals surface area contributed by atoms with E-state index >= 15 is 0 Å². The van der Waals surface area contributed by atoms with Gasteiger partial charge in [0.2, 0.25) is 5.91 Å². The Morgan fingerprint density at radius 2 is 2.33 bits per heavy atom. The van der Waals surface area contributed by atoms with E-state index in [-0.39, 0.29) is 11.9 Å². The lowest BCUT2D eigenvalue weighted by molar-refractivity contribution is -0.124. The molecule has 5 heteroatoms. The van der Waals surface area contributed by atoms with E-state index in [2.05, 4.69) is 10.2 Å². The summed E-state index contributed by atoms with van der Waals surface area (Å²) in [6.45, 7) is 3.73. The predicted octanol–water partition coefficient (Wildman–Crippen LogP) is 0.528. The minimum Gasteiger partial charge on any atom is -0.399 e. The molecule has 5 nitrogen and oxygen atoms in total. The first kappa shape index (κ1) is 12.7. The number of hydrogen-bond donors (Lipinski definition) is 2. The quantitative estimate of drug-likeness (QED) is 0.750. The fraction of sp³-hybridized carbons (Fsp3) is 0.462. The molecule has 1 aliphatic rings. The van der Waals surface area contributed by atoms with Gasteiger partial charge in [-0.15, -0.1) is 0 Å². The van der Waals surface area contributed by atoms with E-state index in [4.69, 9.17) is 10.5 Å². The number of carbonyl (C=O) groups excluding carboxylic acids is 1. The van der Waals surface area contributed by atoms with E-state index in [0.717, 1.165) is 16.9 Å². The number of aryl methyl sites for hydroxylation is 1. The summed E-state index contributed by atoms with van der Waals surface area (Å²) < 4.78 is 5.38. The molecule has 1 aromatic carbocycles. The Kier molecular flexibility index (Phi) is 3.72. The monoisotopic (exact) mass is 249 g/mol. The molecular weight excluding hydrogens is 230 g/mol. The fourth-order valence-corrected chi connectivity index (χ4v) is 2.14. The second kappa shape index (κ2) is 5.27. The van der Waals surface area contributed by atoms with E-state index in [1.165, 1.54) is 0 Å². The predicted molar refractivity (Wildman–Crippen MR) is 71.6 cm³/mol. The minimum absolute atomic E-state index is 0.0239. The number of carbonyl (C=O) groups is 1. The Labute approximate surface area is 107 Å². The van der Waals surface area contributed by atoms with Crippen molar-refractivity contribution < 1.29 is 9.53 Å². The number of morpholine rings is 1. The lowest BCUT2D eigenvalue weighted by atomic mass is 10.1. The van der Waals surface area contributed by atoms with E-state index < -0.39 is 0 Å². The molecule has 0 aromatic heterocycles. The van der Waals surface area contributed by atoms with Gasteiger partial charge in [-0.3, -0.25) is 4.79 Å². The van der Waals surface area contributed by atoms with Crippen molar-refractivity contribution in [3.63, 3.8) is 0 Å². The summed E-state index contributed by atoms with van der Waals surface area (Å²) >= 11 is 0. The Morgan fingerprint density at radius 3 is 3.00 bits per heavy atom. The third-order valence-corrected chi connectivity index (χ3v) is 3.26. The molecule has 3 N–H and O–H groups in total. The number of nitrogens with zero attached hydrogens (tertiary/aromatic N) is 1. The maximum absolute atomic E-state index is 11.8. The van der Waals surface area contributed by atoms with Crippen LogP contribution in [-0.2, 0) is 9.53 Å². The zero-order valence-electron chi connectivity index (χ0n) is 10.8. The third kappa shape index (κ3) is 2.41. The number of likely N-dealkylation sites (N-methyl/N-ethyl adjacent to an activating group) is 1. The van der Waals surface area contributed by atoms with Crippen molar-refractivity contribution in [1.29, 1.82) is 0 Å². The maximum Gasteiger partial charge on any atom is 0.244 e. The lowest BCUT2D eigenvalue weighted by Gasteiger charge is -2.36. The summed E-state index contributed by atoms with van der Waals surface area (Å²) in [4.78, 5) is 13.9. The molecule has 1 atom stereocenters. The maximum atomic E-state index is 11.8. The standard InChI is InChI=1S/C13H19N3O2/c1-9-7-10(3-4-11(9)14)16-5-6-18-8-12(16)13(17)15-2/h3-4,7,12H,5-6,8,14H2,1-2H3,(H,15,17). The van der Waals surface area contributed by atoms with Gasteiger partial charge in [0, 0.05) is 25.0 Å². The van der Waals surface area contributed by atoms with Gasteiger partial charge in [-0.25, -0.2) is 0 Å². The van der Waals surface area contributed by atoms with Crippen LogP contribution in [0.4, 0.5) is 11.4 Å². The molecule has 98 valence electrons. The molecule has 0 saturated carbocycles. The minimum atomic E-state index is -0.272. The average Bonchev–Trinajstić information content (AvgIpc) is 2.41. The molecular formula is C13H19N3O2. The number of anilines is 2. The summed E-state index contributed by atoms with van der Waals surface area (Å²) in [6.07, 6.45) is 0. The highest BCUT2D eigenvalue weighted by atomic mass is 16.5. The normalized spacial score (nSPS) is 19.7. The second-order valence-corrected chi connectivity index (χ2v) is 4.44. The highest BCUT2D eigenvalue weighted by Crippen LogP contribution is 2.24. The van der Waals surface area contributed by atoms with Gasteiger partial charge in [0.05, 0.1) is 13.2 Å². The molecule has 1 fully saturated rings. The summed E-state index contributed by atoms with van der Waals surface area (Å²) in [5.41, 5.74) is 8.62. The van der Waals surface area contributed by atoms with Crippen molar-refractivity contribution in [2.24, 2.45) is 0 Å². The van der Waals surface area contributed by atoms with E-state index in [1.807, 2.05) is 25.1 Å². The number of nitrogen functional groups attached to an aromatic ring is 1. The lowest BCUT2D eigenvalue weighted by Crippen LogP contribution is -2.53. The van der Waals surface area contributed by atoms with Crippen LogP contribution in [0.2, 0.25) is 0 Å². The molecule has 1 amide bonds. The Balaban J connectivity index is 2.27. The first-order valence-corrected chi connectivity index (χ1v) is 6.05. The van der Waals surface area contributed by atoms with Crippen LogP contribution in [0.25, 0.3) is 0 Å². The molecule has 1 aromatic rings. The van der Waals surface area contributed by atoms with Crippen molar-refractivity contribution in [3.05, 3.63) is 23.8 Å². The van der Waals surface area contributed by atoms with Gasteiger partial charge in [0.1, 0.15) is 6.04 Å². The smallest absolute Gasteiger partial charge is 0.244 e. The van der Waals surface area contributed by atoms with Crippen LogP contribution in [-0.4, -0.2) is 38.8 Å². The number of benzene rings is 1. The molecule has 18 heavy (non-hydrogen) atoms. The van der Waals surface area contributed by atoms with Gasteiger partial charge in [0.15, 0.2) is 0 Å². The SMILES string of the molecule is CNC(=O)C1COCCN1c1ccc(N)c(C)c1. The molecule has 0 radical (unpaired) electrons. The summed E-state index contributed by atoms with van der Waals surface area (Å²) in [5.74, 6) is -0.0239. The first-order chi connectivity index (χ1) is 8.63. The molecule has 0 aliphatic carbocycles. The van der Waals surface area contributed by atoms with E-state index in [1.54, 1.807) is 7.05 Å². The molecule has 1 heterocycles. The van der Waals surface area contributed by atoms with Crippen LogP contribution < -0.4 is 16.0 Å². The Morgan fingerprint density at radius 1 is 1.56 bits per heavy atom. The largest absolute Gasteiger partial charge is 0.399 e. The molecule has 0 bridgehead atoms. The van der Waals surface area contributed by atoms with Gasteiger partial charge >= 0.3 is 0 Å². The summed E-state index contributed by atoms with van der Waals surface area (Å²) in [7, 11) is 1.64. The van der Waals surface area contributed by atoms with Crippen LogP contribution in [0, 0.1) is 6.92 Å². The van der Waals surface area contributed by atoms with Crippen molar-refractivity contribution in [2.45, 2.75) is 13.0 Å². The highest BCUT2D eigenvalue weighted by molar-refractivity contribution is 5.85. The van der Waals surface area contributed by atoms with Crippen LogP contribution in [0.5, 0.6) is 0 Å². The topological polar surface area (TPSA) is 67.6 Å².